The van der Waals surface area contributed by atoms with Gasteiger partial charge in [-0.3, -0.25) is 9.10 Å². The molecule has 9 heteroatoms. The maximum atomic E-state index is 13.7. The highest BCUT2D eigenvalue weighted by Crippen LogP contribution is 2.31. The number of anilines is 1. The summed E-state index contributed by atoms with van der Waals surface area (Å²) in [6.07, 6.45) is 2.00. The summed E-state index contributed by atoms with van der Waals surface area (Å²) in [7, 11) is -2.73. The van der Waals surface area contributed by atoms with Gasteiger partial charge in [0.25, 0.3) is 10.0 Å². The standard InChI is InChI=1S/C25H27ClN2O4S2/c1-17-5-14-23(32-3)24(15-17)34(30,31)28(21-10-8-20(26)9-11-21)16-25(29)27-18(2)19-6-12-22(33-4)13-7-19/h5-15,18H,16H2,1-4H3,(H,27,29)/t18-/m1/s1. The lowest BCUT2D eigenvalue weighted by molar-refractivity contribution is -0.120. The first kappa shape index (κ1) is 25.9. The Labute approximate surface area is 210 Å². The van der Waals surface area contributed by atoms with Crippen molar-refractivity contribution < 1.29 is 17.9 Å². The van der Waals surface area contributed by atoms with Gasteiger partial charge in [-0.15, -0.1) is 11.8 Å². The number of nitrogens with one attached hydrogen (secondary N) is 1. The minimum Gasteiger partial charge on any atom is -0.495 e. The summed E-state index contributed by atoms with van der Waals surface area (Å²) >= 11 is 7.65. The van der Waals surface area contributed by atoms with Gasteiger partial charge in [-0.05, 0) is 79.8 Å². The van der Waals surface area contributed by atoms with Gasteiger partial charge in [0.2, 0.25) is 5.91 Å². The zero-order valence-electron chi connectivity index (χ0n) is 19.4. The number of carbonyl (C=O) groups is 1. The first-order valence-corrected chi connectivity index (χ1v) is 13.6. The molecule has 0 saturated carbocycles. The second-order valence-corrected chi connectivity index (χ2v) is 10.9. The summed E-state index contributed by atoms with van der Waals surface area (Å²) in [6, 6.07) is 18.8. The molecule has 0 aliphatic rings. The van der Waals surface area contributed by atoms with E-state index >= 15 is 0 Å². The molecular weight excluding hydrogens is 492 g/mol. The highest BCUT2D eigenvalue weighted by atomic mass is 35.5. The number of carbonyl (C=O) groups excluding carboxylic acids is 1. The molecule has 34 heavy (non-hydrogen) atoms. The Morgan fingerprint density at radius 3 is 2.32 bits per heavy atom. The largest absolute Gasteiger partial charge is 0.495 e. The molecule has 1 amide bonds. The van der Waals surface area contributed by atoms with Crippen molar-refractivity contribution in [3.05, 3.63) is 82.9 Å². The Morgan fingerprint density at radius 1 is 1.09 bits per heavy atom. The Hall–Kier alpha value is -2.68. The van der Waals surface area contributed by atoms with Crippen molar-refractivity contribution in [1.29, 1.82) is 0 Å². The van der Waals surface area contributed by atoms with Crippen molar-refractivity contribution in [1.82, 2.24) is 5.32 Å². The summed E-state index contributed by atoms with van der Waals surface area (Å²) in [5.41, 5.74) is 2.00. The van der Waals surface area contributed by atoms with Gasteiger partial charge in [-0.1, -0.05) is 29.8 Å². The van der Waals surface area contributed by atoms with E-state index in [4.69, 9.17) is 16.3 Å². The number of aryl methyl sites for hydroxylation is 1. The van der Waals surface area contributed by atoms with Crippen molar-refractivity contribution in [3.8, 4) is 5.75 Å². The van der Waals surface area contributed by atoms with Gasteiger partial charge in [0.05, 0.1) is 18.8 Å². The van der Waals surface area contributed by atoms with Crippen LogP contribution in [-0.2, 0) is 14.8 Å². The maximum Gasteiger partial charge on any atom is 0.268 e. The van der Waals surface area contributed by atoms with Crippen LogP contribution < -0.4 is 14.4 Å². The van der Waals surface area contributed by atoms with Crippen molar-refractivity contribution in [3.63, 3.8) is 0 Å². The van der Waals surface area contributed by atoms with Crippen molar-refractivity contribution in [2.24, 2.45) is 0 Å². The van der Waals surface area contributed by atoms with Crippen LogP contribution in [-0.4, -0.2) is 34.2 Å². The zero-order chi connectivity index (χ0) is 24.9. The average Bonchev–Trinajstić information content (AvgIpc) is 2.83. The Bertz CT molecular complexity index is 1250. The normalized spacial score (nSPS) is 12.1. The number of ether oxygens (including phenoxy) is 1. The van der Waals surface area contributed by atoms with Gasteiger partial charge in [-0.25, -0.2) is 8.42 Å². The van der Waals surface area contributed by atoms with Crippen LogP contribution in [0.15, 0.2) is 76.5 Å². The lowest BCUT2D eigenvalue weighted by atomic mass is 10.1. The summed E-state index contributed by atoms with van der Waals surface area (Å²) < 4.78 is 33.9. The minimum atomic E-state index is -4.14. The smallest absolute Gasteiger partial charge is 0.268 e. The number of hydrogen-bond donors (Lipinski definition) is 1. The van der Waals surface area contributed by atoms with Crippen molar-refractivity contribution in [2.75, 3.05) is 24.2 Å². The number of thioether (sulfide) groups is 1. The third-order valence-corrected chi connectivity index (χ3v) is 8.07. The highest BCUT2D eigenvalue weighted by molar-refractivity contribution is 7.98. The molecule has 6 nitrogen and oxygen atoms in total. The molecule has 0 heterocycles. The van der Waals surface area contributed by atoms with Crippen LogP contribution in [0.25, 0.3) is 0 Å². The Kier molecular flexibility index (Phi) is 8.52. The molecule has 0 saturated heterocycles. The van der Waals surface area contributed by atoms with Gasteiger partial charge in [0.15, 0.2) is 0 Å². The topological polar surface area (TPSA) is 75.7 Å². The quantitative estimate of drug-likeness (QED) is 0.381. The number of benzene rings is 3. The fourth-order valence-electron chi connectivity index (χ4n) is 3.42. The molecule has 1 N–H and O–H groups in total. The van der Waals surface area contributed by atoms with Crippen molar-refractivity contribution >= 4 is 45.0 Å². The molecule has 180 valence electrons. The molecule has 0 spiro atoms. The van der Waals surface area contributed by atoms with Gasteiger partial charge >= 0.3 is 0 Å². The molecule has 3 rings (SSSR count). The Morgan fingerprint density at radius 2 is 1.74 bits per heavy atom. The van der Waals surface area contributed by atoms with Gasteiger partial charge in [0, 0.05) is 9.92 Å². The fourth-order valence-corrected chi connectivity index (χ4v) is 5.62. The molecule has 0 bridgehead atoms. The van der Waals surface area contributed by atoms with Gasteiger partial charge in [0.1, 0.15) is 17.2 Å². The predicted molar refractivity (Wildman–Crippen MR) is 138 cm³/mol. The lowest BCUT2D eigenvalue weighted by Gasteiger charge is -2.26. The molecule has 3 aromatic rings. The first-order chi connectivity index (χ1) is 16.1. The number of hydrogen-bond acceptors (Lipinski definition) is 5. The predicted octanol–water partition coefficient (Wildman–Crippen LogP) is 5.45. The van der Waals surface area contributed by atoms with Crippen LogP contribution >= 0.6 is 23.4 Å². The van der Waals surface area contributed by atoms with Gasteiger partial charge < -0.3 is 10.1 Å². The molecule has 0 radical (unpaired) electrons. The second kappa shape index (κ2) is 11.2. The minimum absolute atomic E-state index is 0.0153. The molecule has 0 aliphatic carbocycles. The van der Waals surface area contributed by atoms with E-state index in [1.54, 1.807) is 55.1 Å². The lowest BCUT2D eigenvalue weighted by Crippen LogP contribution is -2.41. The molecule has 0 fully saturated rings. The van der Waals surface area contributed by atoms with Crippen LogP contribution in [0.2, 0.25) is 5.02 Å². The number of amides is 1. The van der Waals surface area contributed by atoms with E-state index in [1.807, 2.05) is 37.4 Å². The van der Waals surface area contributed by atoms with E-state index in [0.29, 0.717) is 10.7 Å². The zero-order valence-corrected chi connectivity index (χ0v) is 21.8. The summed E-state index contributed by atoms with van der Waals surface area (Å²) in [4.78, 5) is 14.1. The van der Waals surface area contributed by atoms with E-state index in [0.717, 1.165) is 20.3 Å². The van der Waals surface area contributed by atoms with Crippen LogP contribution in [0.3, 0.4) is 0 Å². The van der Waals surface area contributed by atoms with E-state index < -0.39 is 22.5 Å². The van der Waals surface area contributed by atoms with Crippen molar-refractivity contribution in [2.45, 2.75) is 29.7 Å². The number of rotatable bonds is 9. The van der Waals surface area contributed by atoms with E-state index in [1.165, 1.54) is 13.2 Å². The third-order valence-electron chi connectivity index (χ3n) is 5.28. The monoisotopic (exact) mass is 518 g/mol. The number of nitrogens with zero attached hydrogens (tertiary/aromatic N) is 1. The maximum absolute atomic E-state index is 13.7. The van der Waals surface area contributed by atoms with E-state index in [9.17, 15) is 13.2 Å². The number of halogens is 1. The first-order valence-electron chi connectivity index (χ1n) is 10.5. The van der Waals surface area contributed by atoms with E-state index in [-0.39, 0.29) is 16.7 Å². The van der Waals surface area contributed by atoms with Crippen LogP contribution in [0, 0.1) is 6.92 Å². The molecular formula is C25H27ClN2O4S2. The molecule has 0 unspecified atom stereocenters. The van der Waals surface area contributed by atoms with Gasteiger partial charge in [-0.2, -0.15) is 0 Å². The Balaban J connectivity index is 1.93. The van der Waals surface area contributed by atoms with Crippen LogP contribution in [0.5, 0.6) is 5.75 Å². The van der Waals surface area contributed by atoms with Crippen LogP contribution in [0.1, 0.15) is 24.1 Å². The second-order valence-electron chi connectivity index (χ2n) is 7.70. The number of sulfonamides is 1. The summed E-state index contributed by atoms with van der Waals surface area (Å²) in [5, 5.41) is 3.36. The third kappa shape index (κ3) is 6.05. The number of methoxy groups -OCH3 is 1. The molecule has 3 aromatic carbocycles. The molecule has 0 aromatic heterocycles. The molecule has 1 atom stereocenters. The fraction of sp³-hybridized carbons (Fsp3) is 0.240. The SMILES string of the molecule is COc1ccc(C)cc1S(=O)(=O)N(CC(=O)N[C@H](C)c1ccc(SC)cc1)c1ccc(Cl)cc1. The van der Waals surface area contributed by atoms with Crippen LogP contribution in [0.4, 0.5) is 5.69 Å². The highest BCUT2D eigenvalue weighted by Gasteiger charge is 2.30. The molecule has 0 aliphatic heterocycles. The average molecular weight is 519 g/mol. The van der Waals surface area contributed by atoms with E-state index in [2.05, 4.69) is 5.32 Å². The summed E-state index contributed by atoms with van der Waals surface area (Å²) in [5.74, 6) is -0.237. The summed E-state index contributed by atoms with van der Waals surface area (Å²) in [6.45, 7) is 3.24.